The number of hydrogen-bond donors (Lipinski definition) is 0. The molecule has 0 saturated heterocycles. The first-order chi connectivity index (χ1) is 5.70. The van der Waals surface area contributed by atoms with E-state index in [2.05, 4.69) is 10.1 Å². The van der Waals surface area contributed by atoms with Crippen LogP contribution in [0.2, 0.25) is 0 Å². The van der Waals surface area contributed by atoms with Gasteiger partial charge in [-0.1, -0.05) is 0 Å². The summed E-state index contributed by atoms with van der Waals surface area (Å²) in [6.45, 7) is 1.85. The van der Waals surface area contributed by atoms with E-state index in [0.29, 0.717) is 0 Å². The third-order valence-corrected chi connectivity index (χ3v) is 2.09. The Balaban J connectivity index is 2.45. The van der Waals surface area contributed by atoms with Crippen molar-refractivity contribution in [3.05, 3.63) is 11.8 Å². The Kier molecular flexibility index (Phi) is 1.36. The summed E-state index contributed by atoms with van der Waals surface area (Å²) in [7, 11) is 1.84. The zero-order chi connectivity index (χ0) is 8.72. The second-order valence-electron chi connectivity index (χ2n) is 2.91. The van der Waals surface area contributed by atoms with Crippen molar-refractivity contribution in [2.45, 2.75) is 6.92 Å². The Hall–Kier alpha value is -1.45. The third kappa shape index (κ3) is 0.809. The molecule has 12 heavy (non-hydrogen) atoms. The number of nitrogens with zero attached hydrogens (tertiary/aromatic N) is 3. The molecule has 2 aliphatic heterocycles. The van der Waals surface area contributed by atoms with Crippen molar-refractivity contribution < 1.29 is 4.79 Å². The van der Waals surface area contributed by atoms with Crippen molar-refractivity contribution >= 4 is 17.8 Å². The molecule has 4 nitrogen and oxygen atoms in total. The minimum atomic E-state index is -0.222. The second kappa shape index (κ2) is 2.27. The van der Waals surface area contributed by atoms with Gasteiger partial charge < -0.3 is 0 Å². The largest absolute Gasteiger partial charge is 0.271 e. The van der Waals surface area contributed by atoms with Gasteiger partial charge in [-0.15, -0.1) is 0 Å². The van der Waals surface area contributed by atoms with Gasteiger partial charge in [0.15, 0.2) is 0 Å². The molecule has 1 amide bonds. The van der Waals surface area contributed by atoms with Gasteiger partial charge in [0.25, 0.3) is 5.91 Å². The van der Waals surface area contributed by atoms with Crippen molar-refractivity contribution in [2.24, 2.45) is 16.0 Å². The number of allylic oxidation sites excluding steroid dienone is 1. The number of carbonyl (C=O) groups excluding carboxylic acids is 1. The van der Waals surface area contributed by atoms with Gasteiger partial charge in [-0.25, -0.2) is 4.99 Å². The number of hydrazone groups is 1. The van der Waals surface area contributed by atoms with Crippen molar-refractivity contribution in [3.63, 3.8) is 0 Å². The van der Waals surface area contributed by atoms with E-state index in [-0.39, 0.29) is 11.8 Å². The van der Waals surface area contributed by atoms with Crippen LogP contribution in [0.25, 0.3) is 0 Å². The number of hydrogen-bond acceptors (Lipinski definition) is 3. The average Bonchev–Trinajstić information content (AvgIpc) is 2.29. The molecule has 0 radical (unpaired) electrons. The number of carbonyl (C=O) groups is 1. The smallest absolute Gasteiger partial charge is 0.260 e. The predicted octanol–water partition coefficient (Wildman–Crippen LogP) is 0.419. The fourth-order valence-electron chi connectivity index (χ4n) is 1.52. The van der Waals surface area contributed by atoms with Crippen LogP contribution in [-0.2, 0) is 4.79 Å². The molecule has 62 valence electrons. The fraction of sp³-hybridized carbons (Fsp3) is 0.375. The third-order valence-electron chi connectivity index (χ3n) is 2.09. The Labute approximate surface area is 70.3 Å². The highest BCUT2D eigenvalue weighted by molar-refractivity contribution is 6.11. The molecule has 0 spiro atoms. The van der Waals surface area contributed by atoms with Crippen LogP contribution in [0, 0.1) is 5.92 Å². The maximum Gasteiger partial charge on any atom is 0.260 e. The van der Waals surface area contributed by atoms with Crippen LogP contribution < -0.4 is 0 Å². The monoisotopic (exact) mass is 163 g/mol. The minimum Gasteiger partial charge on any atom is -0.271 e. The molecule has 1 atom stereocenters. The van der Waals surface area contributed by atoms with Gasteiger partial charge in [0.1, 0.15) is 5.92 Å². The van der Waals surface area contributed by atoms with Crippen molar-refractivity contribution in [2.75, 3.05) is 7.05 Å². The quantitative estimate of drug-likeness (QED) is 0.519. The van der Waals surface area contributed by atoms with Gasteiger partial charge in [0.2, 0.25) is 0 Å². The molecular weight excluding hydrogens is 154 g/mol. The van der Waals surface area contributed by atoms with E-state index in [9.17, 15) is 4.79 Å². The molecule has 2 rings (SSSR count). The van der Waals surface area contributed by atoms with Gasteiger partial charge in [0, 0.05) is 13.3 Å². The van der Waals surface area contributed by atoms with Crippen LogP contribution in [0.4, 0.5) is 0 Å². The SMILES string of the molecule is CC1=NN(C)C2=CC=NC(=O)C21. The molecule has 0 N–H and O–H groups in total. The molecule has 1 unspecified atom stereocenters. The van der Waals surface area contributed by atoms with Crippen LogP contribution in [-0.4, -0.2) is 29.9 Å². The lowest BCUT2D eigenvalue weighted by Crippen LogP contribution is -2.24. The summed E-state index contributed by atoms with van der Waals surface area (Å²) >= 11 is 0. The fourth-order valence-corrected chi connectivity index (χ4v) is 1.52. The number of amides is 1. The highest BCUT2D eigenvalue weighted by atomic mass is 16.1. The zero-order valence-electron chi connectivity index (χ0n) is 6.98. The normalized spacial score (nSPS) is 27.0. The van der Waals surface area contributed by atoms with E-state index in [1.165, 1.54) is 6.21 Å². The molecule has 0 aromatic carbocycles. The van der Waals surface area contributed by atoms with Gasteiger partial charge in [-0.2, -0.15) is 5.10 Å². The molecule has 0 aromatic heterocycles. The summed E-state index contributed by atoms with van der Waals surface area (Å²) < 4.78 is 0. The van der Waals surface area contributed by atoms with Crippen LogP contribution in [0.1, 0.15) is 6.92 Å². The standard InChI is InChI=1S/C8H9N3O/c1-5-7-6(11(2)10-5)3-4-9-8(7)12/h3-4,7H,1-2H3. The molecule has 2 heterocycles. The summed E-state index contributed by atoms with van der Waals surface area (Å²) in [5.41, 5.74) is 1.75. The topological polar surface area (TPSA) is 45.0 Å². The van der Waals surface area contributed by atoms with Gasteiger partial charge >= 0.3 is 0 Å². The average molecular weight is 163 g/mol. The van der Waals surface area contributed by atoms with E-state index < -0.39 is 0 Å². The molecule has 0 saturated carbocycles. The lowest BCUT2D eigenvalue weighted by molar-refractivity contribution is -0.119. The van der Waals surface area contributed by atoms with Crippen LogP contribution >= 0.6 is 0 Å². The first-order valence-corrected chi connectivity index (χ1v) is 3.77. The van der Waals surface area contributed by atoms with E-state index >= 15 is 0 Å². The molecule has 0 fully saturated rings. The summed E-state index contributed by atoms with van der Waals surface area (Å²) in [5, 5.41) is 5.89. The molecule has 4 heteroatoms. The summed E-state index contributed by atoms with van der Waals surface area (Å²) in [6, 6.07) is 0. The van der Waals surface area contributed by atoms with E-state index in [1.807, 2.05) is 20.0 Å². The Morgan fingerprint density at radius 3 is 3.00 bits per heavy atom. The predicted molar refractivity (Wildman–Crippen MR) is 45.9 cm³/mol. The maximum absolute atomic E-state index is 11.3. The van der Waals surface area contributed by atoms with Crippen LogP contribution in [0.3, 0.4) is 0 Å². The van der Waals surface area contributed by atoms with Gasteiger partial charge in [-0.3, -0.25) is 9.80 Å². The number of aliphatic imine (C=N–C) groups is 1. The Bertz CT molecular complexity index is 327. The minimum absolute atomic E-state index is 0.113. The lowest BCUT2D eigenvalue weighted by Gasteiger charge is -2.15. The molecule has 0 aromatic rings. The van der Waals surface area contributed by atoms with E-state index in [4.69, 9.17) is 0 Å². The first kappa shape index (κ1) is 7.21. The summed E-state index contributed by atoms with van der Waals surface area (Å²) in [5.74, 6) is -0.335. The zero-order valence-corrected chi connectivity index (χ0v) is 6.98. The van der Waals surface area contributed by atoms with Crippen LogP contribution in [0.5, 0.6) is 0 Å². The Morgan fingerprint density at radius 1 is 1.58 bits per heavy atom. The van der Waals surface area contributed by atoms with Crippen molar-refractivity contribution in [3.8, 4) is 0 Å². The van der Waals surface area contributed by atoms with Crippen molar-refractivity contribution in [1.29, 1.82) is 0 Å². The second-order valence-corrected chi connectivity index (χ2v) is 2.91. The number of fused-ring (bicyclic) bond motifs is 1. The number of rotatable bonds is 0. The van der Waals surface area contributed by atoms with Crippen molar-refractivity contribution in [1.82, 2.24) is 5.01 Å². The summed E-state index contributed by atoms with van der Waals surface area (Å²) in [4.78, 5) is 15.0. The summed E-state index contributed by atoms with van der Waals surface area (Å²) in [6.07, 6.45) is 3.35. The highest BCUT2D eigenvalue weighted by Crippen LogP contribution is 2.26. The Morgan fingerprint density at radius 2 is 2.33 bits per heavy atom. The number of dihydropyridines is 1. The van der Waals surface area contributed by atoms with Gasteiger partial charge in [0.05, 0.1) is 11.4 Å². The van der Waals surface area contributed by atoms with E-state index in [1.54, 1.807) is 5.01 Å². The molecule has 0 aliphatic carbocycles. The van der Waals surface area contributed by atoms with E-state index in [0.717, 1.165) is 11.4 Å². The molecular formula is C8H9N3O. The molecule has 0 bridgehead atoms. The first-order valence-electron chi connectivity index (χ1n) is 3.77. The van der Waals surface area contributed by atoms with Gasteiger partial charge in [-0.05, 0) is 13.0 Å². The molecule has 2 aliphatic rings. The van der Waals surface area contributed by atoms with Crippen LogP contribution in [0.15, 0.2) is 21.9 Å². The highest BCUT2D eigenvalue weighted by Gasteiger charge is 2.34. The maximum atomic E-state index is 11.3. The lowest BCUT2D eigenvalue weighted by atomic mass is 9.99.